The van der Waals surface area contributed by atoms with Crippen LogP contribution >= 0.6 is 11.8 Å². The van der Waals surface area contributed by atoms with Crippen LogP contribution in [-0.2, 0) is 0 Å². The number of thioether (sulfide) groups is 1. The summed E-state index contributed by atoms with van der Waals surface area (Å²) in [5.41, 5.74) is 5.50. The van der Waals surface area contributed by atoms with Crippen molar-refractivity contribution in [3.63, 3.8) is 0 Å². The third kappa shape index (κ3) is 3.59. The molecule has 1 saturated heterocycles. The van der Waals surface area contributed by atoms with E-state index < -0.39 is 11.6 Å². The van der Waals surface area contributed by atoms with Gasteiger partial charge in [0, 0.05) is 5.69 Å². The molecule has 2 rings (SSSR count). The molecule has 1 aliphatic heterocycles. The Kier molecular flexibility index (Phi) is 4.83. The lowest BCUT2D eigenvalue weighted by Gasteiger charge is -2.13. The van der Waals surface area contributed by atoms with Crippen molar-refractivity contribution in [2.24, 2.45) is 0 Å². The van der Waals surface area contributed by atoms with Crippen molar-refractivity contribution < 1.29 is 8.78 Å². The van der Waals surface area contributed by atoms with Gasteiger partial charge in [0.15, 0.2) is 0 Å². The van der Waals surface area contributed by atoms with Crippen LogP contribution in [0.2, 0.25) is 0 Å². The monoisotopic (exact) mass is 272 g/mol. The van der Waals surface area contributed by atoms with Gasteiger partial charge in [0.25, 0.3) is 0 Å². The fourth-order valence-electron chi connectivity index (χ4n) is 2.19. The highest BCUT2D eigenvalue weighted by atomic mass is 32.2. The van der Waals surface area contributed by atoms with Crippen LogP contribution in [0.3, 0.4) is 0 Å². The highest BCUT2D eigenvalue weighted by Gasteiger charge is 2.13. The molecule has 0 saturated carbocycles. The Morgan fingerprint density at radius 3 is 2.39 bits per heavy atom. The van der Waals surface area contributed by atoms with E-state index in [1.807, 2.05) is 0 Å². The summed E-state index contributed by atoms with van der Waals surface area (Å²) in [4.78, 5) is 2.49. The zero-order valence-electron chi connectivity index (χ0n) is 10.3. The molecule has 0 aromatic heterocycles. The van der Waals surface area contributed by atoms with Crippen molar-refractivity contribution in [3.05, 3.63) is 23.8 Å². The maximum atomic E-state index is 13.5. The number of nitrogen functional groups attached to an aromatic ring is 1. The van der Waals surface area contributed by atoms with Crippen molar-refractivity contribution in [2.75, 3.05) is 31.1 Å². The zero-order chi connectivity index (χ0) is 13.0. The molecule has 0 atom stereocenters. The minimum Gasteiger partial charge on any atom is -0.399 e. The molecular weight excluding hydrogens is 254 g/mol. The van der Waals surface area contributed by atoms with Gasteiger partial charge in [-0.25, -0.2) is 8.78 Å². The fraction of sp³-hybridized carbons (Fsp3) is 0.538. The first kappa shape index (κ1) is 13.6. The molecule has 1 fully saturated rings. The average Bonchev–Trinajstić information content (AvgIpc) is 2.79. The second-order valence-corrected chi connectivity index (χ2v) is 5.67. The van der Waals surface area contributed by atoms with Crippen molar-refractivity contribution in [3.8, 4) is 0 Å². The normalized spacial score (nSPS) is 16.3. The van der Waals surface area contributed by atoms with Gasteiger partial charge in [0.2, 0.25) is 0 Å². The Morgan fingerprint density at radius 2 is 1.78 bits per heavy atom. The molecule has 0 bridgehead atoms. The zero-order valence-corrected chi connectivity index (χ0v) is 11.1. The molecule has 0 unspecified atom stereocenters. The molecule has 0 radical (unpaired) electrons. The summed E-state index contributed by atoms with van der Waals surface area (Å²) in [5, 5.41) is 0. The van der Waals surface area contributed by atoms with E-state index in [4.69, 9.17) is 5.73 Å². The van der Waals surface area contributed by atoms with Crippen LogP contribution in [0.15, 0.2) is 17.0 Å². The van der Waals surface area contributed by atoms with E-state index >= 15 is 0 Å². The van der Waals surface area contributed by atoms with E-state index in [0.717, 1.165) is 31.8 Å². The van der Waals surface area contributed by atoms with Gasteiger partial charge in [0.05, 0.1) is 4.90 Å². The highest BCUT2D eigenvalue weighted by Crippen LogP contribution is 2.27. The number of benzene rings is 1. The Balaban J connectivity index is 1.79. The van der Waals surface area contributed by atoms with Gasteiger partial charge in [-0.3, -0.25) is 0 Å². The Morgan fingerprint density at radius 1 is 1.17 bits per heavy atom. The number of rotatable bonds is 5. The summed E-state index contributed by atoms with van der Waals surface area (Å²) in [5.74, 6) is -0.383. The molecule has 2 N–H and O–H groups in total. The van der Waals surface area contributed by atoms with E-state index in [1.54, 1.807) is 0 Å². The Hall–Kier alpha value is -0.810. The maximum absolute atomic E-state index is 13.5. The van der Waals surface area contributed by atoms with Crippen LogP contribution in [0.4, 0.5) is 14.5 Å². The molecule has 5 heteroatoms. The molecule has 0 spiro atoms. The number of hydrogen-bond donors (Lipinski definition) is 1. The van der Waals surface area contributed by atoms with Gasteiger partial charge >= 0.3 is 0 Å². The molecular formula is C13H18F2N2S. The lowest BCUT2D eigenvalue weighted by molar-refractivity contribution is 0.341. The van der Waals surface area contributed by atoms with E-state index in [9.17, 15) is 8.78 Å². The van der Waals surface area contributed by atoms with Crippen molar-refractivity contribution in [1.82, 2.24) is 4.90 Å². The molecule has 1 aromatic carbocycles. The minimum absolute atomic E-state index is 0.0885. The topological polar surface area (TPSA) is 29.3 Å². The van der Waals surface area contributed by atoms with Crippen LogP contribution in [0, 0.1) is 11.6 Å². The summed E-state index contributed by atoms with van der Waals surface area (Å²) in [7, 11) is 0. The van der Waals surface area contributed by atoms with Crippen molar-refractivity contribution in [1.29, 1.82) is 0 Å². The second kappa shape index (κ2) is 6.38. The number of likely N-dealkylation sites (tertiary alicyclic amines) is 1. The van der Waals surface area contributed by atoms with Gasteiger partial charge in [-0.1, -0.05) is 0 Å². The molecule has 1 aromatic rings. The fourth-order valence-corrected chi connectivity index (χ4v) is 3.06. The third-order valence-corrected chi connectivity index (χ3v) is 4.26. The number of nitrogens with two attached hydrogens (primary N) is 1. The number of anilines is 1. The summed E-state index contributed by atoms with van der Waals surface area (Å²) in [6, 6.07) is 2.35. The summed E-state index contributed by atoms with van der Waals surface area (Å²) in [6.45, 7) is 3.34. The minimum atomic E-state index is -0.557. The van der Waals surface area contributed by atoms with Crippen molar-refractivity contribution in [2.45, 2.75) is 24.2 Å². The number of nitrogens with zero attached hydrogens (tertiary/aromatic N) is 1. The predicted octanol–water partition coefficient (Wildman–Crippen LogP) is 3.13. The lowest BCUT2D eigenvalue weighted by atomic mass is 10.3. The first-order valence-corrected chi connectivity index (χ1v) is 7.25. The Labute approximate surface area is 111 Å². The van der Waals surface area contributed by atoms with Gasteiger partial charge in [0.1, 0.15) is 11.6 Å². The van der Waals surface area contributed by atoms with Gasteiger partial charge in [-0.15, -0.1) is 11.8 Å². The van der Waals surface area contributed by atoms with E-state index in [-0.39, 0.29) is 10.6 Å². The smallest absolute Gasteiger partial charge is 0.141 e. The molecule has 100 valence electrons. The van der Waals surface area contributed by atoms with E-state index in [1.165, 1.54) is 36.7 Å². The van der Waals surface area contributed by atoms with Crippen LogP contribution in [0.25, 0.3) is 0 Å². The van der Waals surface area contributed by atoms with Crippen LogP contribution in [0.5, 0.6) is 0 Å². The predicted molar refractivity (Wildman–Crippen MR) is 71.8 cm³/mol. The quantitative estimate of drug-likeness (QED) is 0.507. The van der Waals surface area contributed by atoms with Crippen LogP contribution in [-0.4, -0.2) is 30.3 Å². The largest absolute Gasteiger partial charge is 0.399 e. The van der Waals surface area contributed by atoms with Gasteiger partial charge in [-0.05, 0) is 56.8 Å². The standard InChI is InChI=1S/C13H18F2N2S/c14-11-8-10(16)9-12(15)13(11)18-7-3-6-17-4-1-2-5-17/h8-9H,1-7,16H2. The first-order chi connectivity index (χ1) is 8.66. The van der Waals surface area contributed by atoms with Gasteiger partial charge < -0.3 is 10.6 Å². The summed E-state index contributed by atoms with van der Waals surface area (Å²) >= 11 is 1.23. The molecule has 18 heavy (non-hydrogen) atoms. The second-order valence-electron chi connectivity index (χ2n) is 4.56. The van der Waals surface area contributed by atoms with Crippen molar-refractivity contribution >= 4 is 17.4 Å². The SMILES string of the molecule is Nc1cc(F)c(SCCCN2CCCC2)c(F)c1. The first-order valence-electron chi connectivity index (χ1n) is 6.26. The summed E-state index contributed by atoms with van der Waals surface area (Å²) in [6.07, 6.45) is 3.50. The lowest BCUT2D eigenvalue weighted by Crippen LogP contribution is -2.20. The highest BCUT2D eigenvalue weighted by molar-refractivity contribution is 7.99. The van der Waals surface area contributed by atoms with Crippen LogP contribution < -0.4 is 5.73 Å². The van der Waals surface area contributed by atoms with Crippen LogP contribution in [0.1, 0.15) is 19.3 Å². The molecule has 0 aliphatic carbocycles. The van der Waals surface area contributed by atoms with Gasteiger partial charge in [-0.2, -0.15) is 0 Å². The summed E-state index contributed by atoms with van der Waals surface area (Å²) < 4.78 is 27.0. The maximum Gasteiger partial charge on any atom is 0.141 e. The Bertz CT molecular complexity index is 383. The number of hydrogen-bond acceptors (Lipinski definition) is 3. The van der Waals surface area contributed by atoms with E-state index in [2.05, 4.69) is 4.90 Å². The molecule has 2 nitrogen and oxygen atoms in total. The molecule has 0 amide bonds. The molecule has 1 aliphatic rings. The van der Waals surface area contributed by atoms with E-state index in [0.29, 0.717) is 0 Å². The number of halogens is 2. The average molecular weight is 272 g/mol. The molecule has 1 heterocycles. The third-order valence-electron chi connectivity index (χ3n) is 3.08.